The van der Waals surface area contributed by atoms with Gasteiger partial charge in [-0.25, -0.2) is 0 Å². The van der Waals surface area contributed by atoms with Crippen LogP contribution in [0.15, 0.2) is 18.2 Å². The van der Waals surface area contributed by atoms with E-state index in [1.54, 1.807) is 36.0 Å². The Morgan fingerprint density at radius 1 is 1.12 bits per heavy atom. The zero-order valence-electron chi connectivity index (χ0n) is 13.8. The monoisotopic (exact) mass is 332 g/mol. The molecule has 24 heavy (non-hydrogen) atoms. The zero-order chi connectivity index (χ0) is 17.1. The van der Waals surface area contributed by atoms with Crippen molar-refractivity contribution in [2.45, 2.75) is 6.92 Å². The number of hydrogen-bond acceptors (Lipinski definition) is 5. The second-order valence-electron chi connectivity index (χ2n) is 5.62. The number of carbonyl (C=O) groups excluding carboxylic acids is 2. The van der Waals surface area contributed by atoms with Gasteiger partial charge in [-0.3, -0.25) is 9.59 Å². The Balaban J connectivity index is 1.66. The average molecular weight is 332 g/mol. The van der Waals surface area contributed by atoms with Gasteiger partial charge < -0.3 is 24.0 Å². The van der Waals surface area contributed by atoms with Crippen LogP contribution < -0.4 is 14.2 Å². The normalized spacial score (nSPS) is 16.6. The Labute approximate surface area is 140 Å². The van der Waals surface area contributed by atoms with E-state index in [0.29, 0.717) is 43.4 Å². The van der Waals surface area contributed by atoms with Crippen LogP contribution in [0.5, 0.6) is 17.2 Å². The number of nitrogens with zero attached hydrogens (tertiary/aromatic N) is 2. The van der Waals surface area contributed by atoms with Gasteiger partial charge in [-0.15, -0.1) is 0 Å². The summed E-state index contributed by atoms with van der Waals surface area (Å²) in [6.45, 7) is 3.96. The minimum absolute atomic E-state index is 0.0464. The molecule has 0 aliphatic carbocycles. The Bertz CT molecular complexity index is 678. The Hall–Kier alpha value is -2.70. The maximum absolute atomic E-state index is 12.3. The fraction of sp³-hybridized carbons (Fsp3) is 0.412. The third kappa shape index (κ3) is 3.29. The topological polar surface area (TPSA) is 68.3 Å². The van der Waals surface area contributed by atoms with Crippen molar-refractivity contribution in [3.05, 3.63) is 23.8 Å². The standard InChI is InChI=1S/C17H20N2O5/c1-12(20)18-5-7-19(8-6-18)16(21)4-3-13-9-14(22-2)17-15(10-13)23-11-24-17/h3-4,9-10H,5-8,11H2,1-2H3/b4-3+. The van der Waals surface area contributed by atoms with Gasteiger partial charge in [0.25, 0.3) is 0 Å². The molecule has 7 heteroatoms. The fourth-order valence-electron chi connectivity index (χ4n) is 2.76. The molecule has 3 rings (SSSR count). The molecule has 2 amide bonds. The van der Waals surface area contributed by atoms with E-state index in [-0.39, 0.29) is 18.6 Å². The molecule has 0 radical (unpaired) electrons. The van der Waals surface area contributed by atoms with Crippen LogP contribution in [0.4, 0.5) is 0 Å². The molecule has 7 nitrogen and oxygen atoms in total. The summed E-state index contributed by atoms with van der Waals surface area (Å²) in [4.78, 5) is 27.1. The van der Waals surface area contributed by atoms with Crippen molar-refractivity contribution in [1.82, 2.24) is 9.80 Å². The lowest BCUT2D eigenvalue weighted by Gasteiger charge is -2.33. The highest BCUT2D eigenvalue weighted by atomic mass is 16.7. The van der Waals surface area contributed by atoms with E-state index < -0.39 is 0 Å². The maximum atomic E-state index is 12.3. The molecule has 1 saturated heterocycles. The highest BCUT2D eigenvalue weighted by molar-refractivity contribution is 5.92. The first-order valence-corrected chi connectivity index (χ1v) is 7.78. The molecule has 2 aliphatic heterocycles. The predicted octanol–water partition coefficient (Wildman–Crippen LogP) is 1.13. The summed E-state index contributed by atoms with van der Waals surface area (Å²) in [5, 5.41) is 0. The Kier molecular flexibility index (Phi) is 4.59. The molecule has 1 fully saturated rings. The minimum Gasteiger partial charge on any atom is -0.493 e. The van der Waals surface area contributed by atoms with E-state index in [1.165, 1.54) is 6.08 Å². The molecular weight excluding hydrogens is 312 g/mol. The Morgan fingerprint density at radius 2 is 1.83 bits per heavy atom. The number of carbonyl (C=O) groups is 2. The van der Waals surface area contributed by atoms with Gasteiger partial charge in [0.15, 0.2) is 11.5 Å². The van der Waals surface area contributed by atoms with E-state index in [4.69, 9.17) is 14.2 Å². The van der Waals surface area contributed by atoms with Gasteiger partial charge in [0, 0.05) is 39.2 Å². The van der Waals surface area contributed by atoms with Crippen molar-refractivity contribution < 1.29 is 23.8 Å². The summed E-state index contributed by atoms with van der Waals surface area (Å²) in [5.74, 6) is 1.74. The van der Waals surface area contributed by atoms with Gasteiger partial charge in [0.2, 0.25) is 24.4 Å². The van der Waals surface area contributed by atoms with E-state index in [9.17, 15) is 9.59 Å². The first-order chi connectivity index (χ1) is 11.6. The lowest BCUT2D eigenvalue weighted by atomic mass is 10.1. The van der Waals surface area contributed by atoms with Crippen LogP contribution in [0.3, 0.4) is 0 Å². The summed E-state index contributed by atoms with van der Waals surface area (Å²) < 4.78 is 16.0. The number of benzene rings is 1. The van der Waals surface area contributed by atoms with Gasteiger partial charge in [-0.05, 0) is 23.8 Å². The van der Waals surface area contributed by atoms with Gasteiger partial charge in [0.05, 0.1) is 7.11 Å². The summed E-state index contributed by atoms with van der Waals surface area (Å²) in [6.07, 6.45) is 3.25. The second-order valence-corrected chi connectivity index (χ2v) is 5.62. The van der Waals surface area contributed by atoms with E-state index >= 15 is 0 Å². The lowest BCUT2D eigenvalue weighted by Crippen LogP contribution is -2.49. The van der Waals surface area contributed by atoms with Gasteiger partial charge in [-0.1, -0.05) is 0 Å². The van der Waals surface area contributed by atoms with Crippen molar-refractivity contribution in [3.63, 3.8) is 0 Å². The van der Waals surface area contributed by atoms with Gasteiger partial charge in [0.1, 0.15) is 0 Å². The lowest BCUT2D eigenvalue weighted by molar-refractivity contribution is -0.135. The molecule has 0 atom stereocenters. The molecule has 0 N–H and O–H groups in total. The van der Waals surface area contributed by atoms with Crippen LogP contribution in [-0.2, 0) is 9.59 Å². The maximum Gasteiger partial charge on any atom is 0.246 e. The molecule has 0 bridgehead atoms. The van der Waals surface area contributed by atoms with Crippen molar-refractivity contribution in [3.8, 4) is 17.2 Å². The van der Waals surface area contributed by atoms with Crippen molar-refractivity contribution in [2.75, 3.05) is 40.1 Å². The number of hydrogen-bond donors (Lipinski definition) is 0. The number of piperazine rings is 1. The molecule has 0 aromatic heterocycles. The zero-order valence-corrected chi connectivity index (χ0v) is 13.8. The largest absolute Gasteiger partial charge is 0.493 e. The van der Waals surface area contributed by atoms with Crippen molar-refractivity contribution >= 4 is 17.9 Å². The molecule has 2 heterocycles. The molecule has 128 valence electrons. The molecule has 0 unspecified atom stereocenters. The highest BCUT2D eigenvalue weighted by Crippen LogP contribution is 2.42. The number of rotatable bonds is 3. The van der Waals surface area contributed by atoms with Crippen LogP contribution in [0.2, 0.25) is 0 Å². The van der Waals surface area contributed by atoms with Gasteiger partial charge in [-0.2, -0.15) is 0 Å². The summed E-state index contributed by atoms with van der Waals surface area (Å²) >= 11 is 0. The Morgan fingerprint density at radius 3 is 2.50 bits per heavy atom. The minimum atomic E-state index is -0.0742. The van der Waals surface area contributed by atoms with Crippen LogP contribution >= 0.6 is 0 Å². The van der Waals surface area contributed by atoms with E-state index in [2.05, 4.69) is 0 Å². The average Bonchev–Trinajstić information content (AvgIpc) is 3.07. The fourth-order valence-corrected chi connectivity index (χ4v) is 2.76. The SMILES string of the molecule is COc1cc(/C=C/C(=O)N2CCN(C(C)=O)CC2)cc2c1OCO2. The summed E-state index contributed by atoms with van der Waals surface area (Å²) in [5.41, 5.74) is 0.798. The number of amides is 2. The first-order valence-electron chi connectivity index (χ1n) is 7.78. The van der Waals surface area contributed by atoms with E-state index in [1.807, 2.05) is 6.07 Å². The van der Waals surface area contributed by atoms with Crippen LogP contribution in [0.1, 0.15) is 12.5 Å². The molecule has 0 saturated carbocycles. The smallest absolute Gasteiger partial charge is 0.246 e. The molecular formula is C17H20N2O5. The molecule has 2 aliphatic rings. The van der Waals surface area contributed by atoms with Crippen LogP contribution in [0.25, 0.3) is 6.08 Å². The van der Waals surface area contributed by atoms with E-state index in [0.717, 1.165) is 5.56 Å². The van der Waals surface area contributed by atoms with Crippen LogP contribution in [-0.4, -0.2) is 61.7 Å². The number of ether oxygens (including phenoxy) is 3. The van der Waals surface area contributed by atoms with Crippen molar-refractivity contribution in [2.24, 2.45) is 0 Å². The number of fused-ring (bicyclic) bond motifs is 1. The third-order valence-electron chi connectivity index (χ3n) is 4.14. The molecule has 1 aromatic carbocycles. The number of methoxy groups -OCH3 is 1. The summed E-state index contributed by atoms with van der Waals surface area (Å²) in [6, 6.07) is 3.60. The molecule has 0 spiro atoms. The summed E-state index contributed by atoms with van der Waals surface area (Å²) in [7, 11) is 1.56. The van der Waals surface area contributed by atoms with Crippen molar-refractivity contribution in [1.29, 1.82) is 0 Å². The second kappa shape index (κ2) is 6.82. The molecule has 1 aromatic rings. The first kappa shape index (κ1) is 16.2. The third-order valence-corrected chi connectivity index (χ3v) is 4.14. The highest BCUT2D eigenvalue weighted by Gasteiger charge is 2.22. The van der Waals surface area contributed by atoms with Gasteiger partial charge >= 0.3 is 0 Å². The quantitative estimate of drug-likeness (QED) is 0.776. The van der Waals surface area contributed by atoms with Crippen LogP contribution in [0, 0.1) is 0 Å². The predicted molar refractivity (Wildman–Crippen MR) is 87.0 cm³/mol.